The maximum atomic E-state index is 6.39. The van der Waals surface area contributed by atoms with Crippen LogP contribution in [0.25, 0.3) is 11.0 Å². The molecular formula is C23H27BO4. The second-order valence-corrected chi connectivity index (χ2v) is 8.17. The number of ether oxygens (including phenoxy) is 1. The zero-order valence-electron chi connectivity index (χ0n) is 17.2. The lowest BCUT2D eigenvalue weighted by molar-refractivity contribution is -0.0118. The van der Waals surface area contributed by atoms with Gasteiger partial charge in [0.2, 0.25) is 0 Å². The lowest BCUT2D eigenvalue weighted by atomic mass is 9.77. The molecule has 1 aromatic heterocycles. The average Bonchev–Trinajstić information content (AvgIpc) is 3.12. The topological polar surface area (TPSA) is 40.8 Å². The molecule has 1 atom stereocenters. The van der Waals surface area contributed by atoms with Gasteiger partial charge >= 0.3 is 7.12 Å². The summed E-state index contributed by atoms with van der Waals surface area (Å²) in [6.45, 7) is 10.9. The van der Waals surface area contributed by atoms with E-state index in [1.165, 1.54) is 0 Å². The van der Waals surface area contributed by atoms with Gasteiger partial charge in [-0.1, -0.05) is 37.3 Å². The van der Waals surface area contributed by atoms with Crippen LogP contribution in [0.1, 0.15) is 45.4 Å². The van der Waals surface area contributed by atoms with Crippen molar-refractivity contribution in [3.8, 4) is 5.75 Å². The monoisotopic (exact) mass is 378 g/mol. The standard InChI is InChI=1S/C23H27BO4/c1-6-23(5)22(3,4)27-24(28-23)21-16(2)26-20-13-12-18(14-19(20)21)25-15-17-10-8-7-9-11-17/h7-14H,6,15H2,1-5H3. The average molecular weight is 378 g/mol. The Morgan fingerprint density at radius 1 is 1.00 bits per heavy atom. The molecule has 28 heavy (non-hydrogen) atoms. The number of fused-ring (bicyclic) bond motifs is 1. The van der Waals surface area contributed by atoms with Crippen LogP contribution in [0.15, 0.2) is 52.9 Å². The van der Waals surface area contributed by atoms with E-state index in [9.17, 15) is 0 Å². The van der Waals surface area contributed by atoms with Crippen molar-refractivity contribution in [2.75, 3.05) is 0 Å². The molecule has 3 aromatic rings. The molecule has 1 saturated heterocycles. The molecule has 1 aliphatic rings. The Bertz CT molecular complexity index is 979. The maximum absolute atomic E-state index is 6.39. The van der Waals surface area contributed by atoms with Gasteiger partial charge in [-0.3, -0.25) is 0 Å². The van der Waals surface area contributed by atoms with Gasteiger partial charge in [-0.15, -0.1) is 0 Å². The number of hydrogen-bond acceptors (Lipinski definition) is 4. The van der Waals surface area contributed by atoms with Gasteiger partial charge in [0.05, 0.1) is 11.2 Å². The first kappa shape index (κ1) is 19.1. The summed E-state index contributed by atoms with van der Waals surface area (Å²) in [4.78, 5) is 0. The second-order valence-electron chi connectivity index (χ2n) is 8.17. The van der Waals surface area contributed by atoms with Crippen LogP contribution in [0, 0.1) is 6.92 Å². The van der Waals surface area contributed by atoms with E-state index in [1.54, 1.807) is 0 Å². The fraction of sp³-hybridized carbons (Fsp3) is 0.391. The van der Waals surface area contributed by atoms with Crippen LogP contribution in [0.2, 0.25) is 0 Å². The van der Waals surface area contributed by atoms with Crippen LogP contribution in [0.3, 0.4) is 0 Å². The van der Waals surface area contributed by atoms with E-state index in [-0.39, 0.29) is 11.2 Å². The number of rotatable bonds is 5. The van der Waals surface area contributed by atoms with Crippen molar-refractivity contribution in [2.24, 2.45) is 0 Å². The predicted octanol–water partition coefficient (Wildman–Crippen LogP) is 5.01. The maximum Gasteiger partial charge on any atom is 0.499 e. The van der Waals surface area contributed by atoms with Crippen molar-refractivity contribution in [1.29, 1.82) is 0 Å². The minimum Gasteiger partial charge on any atom is -0.489 e. The number of aryl methyl sites for hydroxylation is 1. The summed E-state index contributed by atoms with van der Waals surface area (Å²) in [7, 11) is -0.453. The first-order valence-electron chi connectivity index (χ1n) is 9.88. The summed E-state index contributed by atoms with van der Waals surface area (Å²) >= 11 is 0. The SMILES string of the molecule is CCC1(C)OB(c2c(C)oc3ccc(OCc4ccccc4)cc23)OC1(C)C. The van der Waals surface area contributed by atoms with Gasteiger partial charge in [-0.05, 0) is 57.9 Å². The molecule has 4 rings (SSSR count). The van der Waals surface area contributed by atoms with Gasteiger partial charge < -0.3 is 18.5 Å². The highest BCUT2D eigenvalue weighted by molar-refractivity contribution is 6.65. The van der Waals surface area contributed by atoms with E-state index in [2.05, 4.69) is 39.8 Å². The van der Waals surface area contributed by atoms with Gasteiger partial charge in [0.15, 0.2) is 0 Å². The number of hydrogen-bond donors (Lipinski definition) is 0. The smallest absolute Gasteiger partial charge is 0.489 e. The number of furan rings is 1. The molecule has 2 aromatic carbocycles. The van der Waals surface area contributed by atoms with E-state index < -0.39 is 7.12 Å². The molecule has 5 heteroatoms. The third-order valence-electron chi connectivity index (χ3n) is 6.08. The summed E-state index contributed by atoms with van der Waals surface area (Å²) < 4.78 is 24.7. The second kappa shape index (κ2) is 6.98. The Balaban J connectivity index is 1.65. The molecule has 0 amide bonds. The summed E-state index contributed by atoms with van der Waals surface area (Å²) in [5, 5.41) is 0.976. The Labute approximate surface area is 166 Å². The molecule has 0 radical (unpaired) electrons. The molecule has 0 bridgehead atoms. The Morgan fingerprint density at radius 3 is 2.43 bits per heavy atom. The van der Waals surface area contributed by atoms with Gasteiger partial charge in [-0.25, -0.2) is 0 Å². The van der Waals surface area contributed by atoms with E-state index in [0.717, 1.165) is 39.9 Å². The quantitative estimate of drug-likeness (QED) is 0.586. The largest absolute Gasteiger partial charge is 0.499 e. The highest BCUT2D eigenvalue weighted by Gasteiger charge is 2.54. The van der Waals surface area contributed by atoms with E-state index in [4.69, 9.17) is 18.5 Å². The molecular weight excluding hydrogens is 351 g/mol. The van der Waals surface area contributed by atoms with Crippen molar-refractivity contribution in [3.63, 3.8) is 0 Å². The van der Waals surface area contributed by atoms with E-state index in [1.807, 2.05) is 43.3 Å². The minimum atomic E-state index is -0.453. The van der Waals surface area contributed by atoms with Crippen molar-refractivity contribution in [2.45, 2.75) is 58.8 Å². The Morgan fingerprint density at radius 2 is 1.75 bits per heavy atom. The van der Waals surface area contributed by atoms with Crippen LogP contribution in [0.4, 0.5) is 0 Å². The molecule has 0 N–H and O–H groups in total. The lowest BCUT2D eigenvalue weighted by Gasteiger charge is -2.35. The predicted molar refractivity (Wildman–Crippen MR) is 112 cm³/mol. The fourth-order valence-electron chi connectivity index (χ4n) is 3.76. The molecule has 1 aliphatic heterocycles. The zero-order valence-corrected chi connectivity index (χ0v) is 17.2. The van der Waals surface area contributed by atoms with Gasteiger partial charge in [-0.2, -0.15) is 0 Å². The summed E-state index contributed by atoms with van der Waals surface area (Å²) in [5.41, 5.74) is 2.16. The molecule has 1 unspecified atom stereocenters. The van der Waals surface area contributed by atoms with Crippen molar-refractivity contribution >= 4 is 23.6 Å². The lowest BCUT2D eigenvalue weighted by Crippen LogP contribution is -2.44. The summed E-state index contributed by atoms with van der Waals surface area (Å²) in [6, 6.07) is 16.1. The van der Waals surface area contributed by atoms with Gasteiger partial charge in [0.25, 0.3) is 0 Å². The van der Waals surface area contributed by atoms with Crippen LogP contribution in [-0.4, -0.2) is 18.3 Å². The van der Waals surface area contributed by atoms with Gasteiger partial charge in [0.1, 0.15) is 23.7 Å². The van der Waals surface area contributed by atoms with Crippen LogP contribution >= 0.6 is 0 Å². The normalized spacial score (nSPS) is 21.4. The highest BCUT2D eigenvalue weighted by Crippen LogP contribution is 2.40. The molecule has 2 heterocycles. The molecule has 0 aliphatic carbocycles. The van der Waals surface area contributed by atoms with Crippen molar-refractivity contribution < 1.29 is 18.5 Å². The van der Waals surface area contributed by atoms with Crippen molar-refractivity contribution in [3.05, 3.63) is 59.9 Å². The zero-order chi connectivity index (χ0) is 19.9. The molecule has 146 valence electrons. The minimum absolute atomic E-state index is 0.352. The number of benzene rings is 2. The first-order chi connectivity index (χ1) is 13.3. The van der Waals surface area contributed by atoms with Crippen LogP contribution in [0.5, 0.6) is 5.75 Å². The summed E-state index contributed by atoms with van der Waals surface area (Å²) in [5.74, 6) is 1.62. The first-order valence-corrected chi connectivity index (χ1v) is 9.88. The Kier molecular flexibility index (Phi) is 4.76. The third-order valence-corrected chi connectivity index (χ3v) is 6.08. The third kappa shape index (κ3) is 3.23. The van der Waals surface area contributed by atoms with Crippen LogP contribution in [-0.2, 0) is 15.9 Å². The van der Waals surface area contributed by atoms with E-state index >= 15 is 0 Å². The fourth-order valence-corrected chi connectivity index (χ4v) is 3.76. The van der Waals surface area contributed by atoms with Crippen molar-refractivity contribution in [1.82, 2.24) is 0 Å². The molecule has 4 nitrogen and oxygen atoms in total. The Hall–Kier alpha value is -2.24. The molecule has 0 spiro atoms. The van der Waals surface area contributed by atoms with Gasteiger partial charge in [0, 0.05) is 10.8 Å². The summed E-state index contributed by atoms with van der Waals surface area (Å²) in [6.07, 6.45) is 0.872. The highest BCUT2D eigenvalue weighted by atomic mass is 16.7. The van der Waals surface area contributed by atoms with E-state index in [0.29, 0.717) is 6.61 Å². The molecule has 1 fully saturated rings. The molecule has 0 saturated carbocycles. The van der Waals surface area contributed by atoms with Crippen LogP contribution < -0.4 is 10.2 Å².